The van der Waals surface area contributed by atoms with E-state index in [9.17, 15) is 4.39 Å². The lowest BCUT2D eigenvalue weighted by Crippen LogP contribution is -2.22. The quantitative estimate of drug-likeness (QED) is 0.717. The minimum Gasteiger partial charge on any atom is -0.374 e. The van der Waals surface area contributed by atoms with E-state index >= 15 is 0 Å². The predicted molar refractivity (Wildman–Crippen MR) is 95.0 cm³/mol. The molecule has 3 nitrogen and oxygen atoms in total. The number of hydrazine groups is 1. The summed E-state index contributed by atoms with van der Waals surface area (Å²) < 4.78 is 19.6. The van der Waals surface area contributed by atoms with Gasteiger partial charge in [0, 0.05) is 12.2 Å². The van der Waals surface area contributed by atoms with E-state index in [1.165, 1.54) is 25.3 Å². The first kappa shape index (κ1) is 16.9. The second-order valence-electron chi connectivity index (χ2n) is 6.33. The average molecular weight is 328 g/mol. The van der Waals surface area contributed by atoms with E-state index in [0.29, 0.717) is 19.3 Å². The maximum Gasteiger partial charge on any atom is 0.123 e. The van der Waals surface area contributed by atoms with Crippen LogP contribution in [0.4, 0.5) is 10.1 Å². The first-order valence-corrected chi connectivity index (χ1v) is 8.74. The van der Waals surface area contributed by atoms with Crippen LogP contribution in [0, 0.1) is 5.82 Å². The Bertz CT molecular complexity index is 627. The van der Waals surface area contributed by atoms with Crippen molar-refractivity contribution in [1.82, 2.24) is 5.43 Å². The summed E-state index contributed by atoms with van der Waals surface area (Å²) >= 11 is 0. The summed E-state index contributed by atoms with van der Waals surface area (Å²) in [6.07, 6.45) is 6.36. The molecule has 0 heterocycles. The van der Waals surface area contributed by atoms with Crippen LogP contribution in [0.1, 0.15) is 43.2 Å². The highest BCUT2D eigenvalue weighted by Crippen LogP contribution is 2.22. The van der Waals surface area contributed by atoms with Crippen molar-refractivity contribution in [2.45, 2.75) is 51.4 Å². The number of rotatable bonds is 7. The number of hydrogen-bond acceptors (Lipinski definition) is 3. The summed E-state index contributed by atoms with van der Waals surface area (Å²) in [4.78, 5) is 0. The second kappa shape index (κ2) is 8.81. The lowest BCUT2D eigenvalue weighted by atomic mass is 9.98. The fourth-order valence-electron chi connectivity index (χ4n) is 3.10. The first-order chi connectivity index (χ1) is 11.8. The minimum atomic E-state index is -0.211. The molecule has 1 aliphatic rings. The topological polar surface area (TPSA) is 33.3 Å². The molecule has 0 bridgehead atoms. The van der Waals surface area contributed by atoms with Crippen LogP contribution in [-0.2, 0) is 17.9 Å². The van der Waals surface area contributed by atoms with E-state index in [1.807, 2.05) is 36.4 Å². The van der Waals surface area contributed by atoms with E-state index < -0.39 is 0 Å². The van der Waals surface area contributed by atoms with E-state index in [4.69, 9.17) is 4.74 Å². The molecular weight excluding hydrogens is 303 g/mol. The van der Waals surface area contributed by atoms with Gasteiger partial charge in [0.25, 0.3) is 0 Å². The van der Waals surface area contributed by atoms with Gasteiger partial charge in [0.1, 0.15) is 5.82 Å². The third-order valence-corrected chi connectivity index (χ3v) is 4.48. The normalized spacial score (nSPS) is 15.4. The highest BCUT2D eigenvalue weighted by Gasteiger charge is 2.14. The van der Waals surface area contributed by atoms with Gasteiger partial charge in [-0.3, -0.25) is 0 Å². The summed E-state index contributed by atoms with van der Waals surface area (Å²) in [5.74, 6) is -0.211. The van der Waals surface area contributed by atoms with Gasteiger partial charge in [-0.15, -0.1) is 0 Å². The molecule has 2 aromatic rings. The maximum atomic E-state index is 13.6. The van der Waals surface area contributed by atoms with E-state index in [0.717, 1.165) is 29.7 Å². The predicted octanol–water partition coefficient (Wildman–Crippen LogP) is 4.79. The lowest BCUT2D eigenvalue weighted by Gasteiger charge is -2.22. The summed E-state index contributed by atoms with van der Waals surface area (Å²) in [5.41, 5.74) is 9.31. The van der Waals surface area contributed by atoms with Crippen LogP contribution in [0.2, 0.25) is 0 Å². The smallest absolute Gasteiger partial charge is 0.123 e. The molecule has 0 aliphatic heterocycles. The molecule has 24 heavy (non-hydrogen) atoms. The van der Waals surface area contributed by atoms with Gasteiger partial charge in [0.2, 0.25) is 0 Å². The molecule has 0 spiro atoms. The number of ether oxygens (including phenoxy) is 1. The second-order valence-corrected chi connectivity index (χ2v) is 6.33. The molecule has 2 N–H and O–H groups in total. The summed E-state index contributed by atoms with van der Waals surface area (Å²) in [6, 6.07) is 14.8. The van der Waals surface area contributed by atoms with Gasteiger partial charge in [0.05, 0.1) is 12.7 Å². The summed E-state index contributed by atoms with van der Waals surface area (Å²) in [6.45, 7) is 1.09. The Hall–Kier alpha value is -1.91. The van der Waals surface area contributed by atoms with Crippen LogP contribution in [0.25, 0.3) is 0 Å². The Morgan fingerprint density at radius 1 is 0.958 bits per heavy atom. The highest BCUT2D eigenvalue weighted by atomic mass is 19.1. The van der Waals surface area contributed by atoms with Crippen molar-refractivity contribution in [2.24, 2.45) is 0 Å². The van der Waals surface area contributed by atoms with Crippen molar-refractivity contribution in [1.29, 1.82) is 0 Å². The fraction of sp³-hybridized carbons (Fsp3) is 0.400. The SMILES string of the molecule is Fc1ccc(CNNc2ccccc2)c(COC2CCCCC2)c1. The van der Waals surface area contributed by atoms with Crippen molar-refractivity contribution in [2.75, 3.05) is 5.43 Å². The minimum absolute atomic E-state index is 0.211. The average Bonchev–Trinajstić information content (AvgIpc) is 2.63. The first-order valence-electron chi connectivity index (χ1n) is 8.74. The van der Waals surface area contributed by atoms with Crippen LogP contribution >= 0.6 is 0 Å². The van der Waals surface area contributed by atoms with E-state index in [-0.39, 0.29) is 5.82 Å². The van der Waals surface area contributed by atoms with Crippen molar-refractivity contribution >= 4 is 5.69 Å². The molecule has 1 aliphatic carbocycles. The van der Waals surface area contributed by atoms with Gasteiger partial charge >= 0.3 is 0 Å². The number of para-hydroxylation sites is 1. The van der Waals surface area contributed by atoms with Gasteiger partial charge < -0.3 is 10.2 Å². The number of nitrogens with one attached hydrogen (secondary N) is 2. The number of anilines is 1. The van der Waals surface area contributed by atoms with Crippen LogP contribution in [0.3, 0.4) is 0 Å². The lowest BCUT2D eigenvalue weighted by molar-refractivity contribution is 0.0164. The zero-order valence-corrected chi connectivity index (χ0v) is 13.9. The van der Waals surface area contributed by atoms with Crippen LogP contribution in [0.5, 0.6) is 0 Å². The third-order valence-electron chi connectivity index (χ3n) is 4.48. The Morgan fingerprint density at radius 2 is 1.75 bits per heavy atom. The molecule has 0 amide bonds. The molecule has 0 atom stereocenters. The standard InChI is InChI=1S/C20H25FN2O/c21-18-12-11-16(14-22-23-19-7-3-1-4-8-19)17(13-18)15-24-20-9-5-2-6-10-20/h1,3-4,7-8,11-13,20,22-23H,2,5-6,9-10,14-15H2. The molecule has 4 heteroatoms. The largest absolute Gasteiger partial charge is 0.374 e. The monoisotopic (exact) mass is 328 g/mol. The number of halogens is 1. The molecule has 128 valence electrons. The fourth-order valence-corrected chi connectivity index (χ4v) is 3.10. The van der Waals surface area contributed by atoms with Gasteiger partial charge in [0.15, 0.2) is 0 Å². The molecule has 1 fully saturated rings. The molecule has 2 aromatic carbocycles. The van der Waals surface area contributed by atoms with Gasteiger partial charge in [-0.1, -0.05) is 43.5 Å². The Balaban J connectivity index is 1.55. The van der Waals surface area contributed by atoms with Crippen molar-refractivity contribution < 1.29 is 9.13 Å². The molecule has 1 saturated carbocycles. The van der Waals surface area contributed by atoms with Gasteiger partial charge in [-0.05, 0) is 48.2 Å². The van der Waals surface area contributed by atoms with Crippen molar-refractivity contribution in [3.8, 4) is 0 Å². The van der Waals surface area contributed by atoms with Gasteiger partial charge in [-0.2, -0.15) is 0 Å². The summed E-state index contributed by atoms with van der Waals surface area (Å²) in [7, 11) is 0. The highest BCUT2D eigenvalue weighted by molar-refractivity contribution is 5.41. The third kappa shape index (κ3) is 5.05. The zero-order chi connectivity index (χ0) is 16.6. The Kier molecular flexibility index (Phi) is 6.21. The number of benzene rings is 2. The van der Waals surface area contributed by atoms with Crippen molar-refractivity contribution in [3.05, 3.63) is 65.5 Å². The molecule has 0 radical (unpaired) electrons. The van der Waals surface area contributed by atoms with Crippen LogP contribution in [-0.4, -0.2) is 6.10 Å². The van der Waals surface area contributed by atoms with E-state index in [2.05, 4.69) is 10.9 Å². The molecule has 3 rings (SSSR count). The van der Waals surface area contributed by atoms with E-state index in [1.54, 1.807) is 6.07 Å². The Labute approximate surface area is 143 Å². The van der Waals surface area contributed by atoms with Crippen LogP contribution in [0.15, 0.2) is 48.5 Å². The maximum absolute atomic E-state index is 13.6. The summed E-state index contributed by atoms with van der Waals surface area (Å²) in [5, 5.41) is 0. The molecule has 0 aromatic heterocycles. The zero-order valence-electron chi connectivity index (χ0n) is 13.9. The molecular formula is C20H25FN2O. The number of hydrogen-bond donors (Lipinski definition) is 2. The Morgan fingerprint density at radius 3 is 2.54 bits per heavy atom. The molecule has 0 unspecified atom stereocenters. The molecule has 0 saturated heterocycles. The van der Waals surface area contributed by atoms with Crippen molar-refractivity contribution in [3.63, 3.8) is 0 Å². The van der Waals surface area contributed by atoms with Gasteiger partial charge in [-0.25, -0.2) is 9.82 Å². The van der Waals surface area contributed by atoms with Crippen LogP contribution < -0.4 is 10.9 Å².